The van der Waals surface area contributed by atoms with Crippen LogP contribution < -0.4 is 10.2 Å². The molecule has 1 heterocycles. The zero-order chi connectivity index (χ0) is 20.1. The highest BCUT2D eigenvalue weighted by Gasteiger charge is 2.42. The van der Waals surface area contributed by atoms with Crippen molar-refractivity contribution in [3.8, 4) is 0 Å². The van der Waals surface area contributed by atoms with Gasteiger partial charge in [-0.15, -0.1) is 0 Å². The fourth-order valence-electron chi connectivity index (χ4n) is 4.40. The van der Waals surface area contributed by atoms with Crippen LogP contribution in [-0.4, -0.2) is 75.5 Å². The van der Waals surface area contributed by atoms with Crippen molar-refractivity contribution < 1.29 is 9.18 Å². The number of rotatable bonds is 4. The first-order valence-electron chi connectivity index (χ1n) is 10.1. The second-order valence-electron chi connectivity index (χ2n) is 8.04. The van der Waals surface area contributed by atoms with E-state index in [4.69, 9.17) is 0 Å². The van der Waals surface area contributed by atoms with Gasteiger partial charge in [0, 0.05) is 59.6 Å². The van der Waals surface area contributed by atoms with Gasteiger partial charge in [0.15, 0.2) is 5.96 Å². The number of aliphatic imine (C=N–C) groups is 1. The highest BCUT2D eigenvalue weighted by atomic mass is 19.1. The van der Waals surface area contributed by atoms with Gasteiger partial charge in [0.2, 0.25) is 5.91 Å². The van der Waals surface area contributed by atoms with E-state index in [1.807, 2.05) is 26.2 Å². The van der Waals surface area contributed by atoms with E-state index in [0.717, 1.165) is 63.5 Å². The Labute approximate surface area is 167 Å². The van der Waals surface area contributed by atoms with Gasteiger partial charge in [-0.2, -0.15) is 0 Å². The number of hydrogen-bond donors (Lipinski definition) is 1. The molecule has 1 N–H and O–H groups in total. The van der Waals surface area contributed by atoms with E-state index in [-0.39, 0.29) is 17.1 Å². The fraction of sp³-hybridized carbons (Fsp3) is 0.619. The maximum atomic E-state index is 13.1. The monoisotopic (exact) mass is 389 g/mol. The number of anilines is 1. The lowest BCUT2D eigenvalue weighted by Gasteiger charge is -2.39. The SMILES string of the molecule is CN=C(NCC1(C(=O)N(C)C)CCCC1)N1CCN(c2ccc(F)cc2)CC1. The van der Waals surface area contributed by atoms with Gasteiger partial charge in [-0.1, -0.05) is 12.8 Å². The lowest BCUT2D eigenvalue weighted by Crippen LogP contribution is -2.55. The lowest BCUT2D eigenvalue weighted by molar-refractivity contribution is -0.138. The van der Waals surface area contributed by atoms with Crippen LogP contribution in [0.2, 0.25) is 0 Å². The third-order valence-electron chi connectivity index (χ3n) is 5.99. The molecule has 6 nitrogen and oxygen atoms in total. The van der Waals surface area contributed by atoms with E-state index in [1.54, 1.807) is 11.9 Å². The second kappa shape index (κ2) is 8.80. The smallest absolute Gasteiger partial charge is 0.230 e. The summed E-state index contributed by atoms with van der Waals surface area (Å²) in [6.45, 7) is 4.02. The number of guanidine groups is 1. The maximum absolute atomic E-state index is 13.1. The third kappa shape index (κ3) is 4.39. The molecule has 2 fully saturated rings. The molecule has 1 saturated carbocycles. The van der Waals surface area contributed by atoms with E-state index in [9.17, 15) is 9.18 Å². The molecule has 0 spiro atoms. The van der Waals surface area contributed by atoms with Crippen LogP contribution in [0.1, 0.15) is 25.7 Å². The molecule has 154 valence electrons. The van der Waals surface area contributed by atoms with Gasteiger partial charge in [-0.3, -0.25) is 9.79 Å². The van der Waals surface area contributed by atoms with Gasteiger partial charge in [0.25, 0.3) is 0 Å². The molecule has 0 atom stereocenters. The Bertz CT molecular complexity index is 689. The Morgan fingerprint density at radius 3 is 2.29 bits per heavy atom. The van der Waals surface area contributed by atoms with Crippen molar-refractivity contribution in [1.82, 2.24) is 15.1 Å². The molecular formula is C21H32FN5O. The first-order valence-corrected chi connectivity index (χ1v) is 10.1. The van der Waals surface area contributed by atoms with Crippen LogP contribution in [0, 0.1) is 11.2 Å². The number of piperazine rings is 1. The summed E-state index contributed by atoms with van der Waals surface area (Å²) >= 11 is 0. The zero-order valence-corrected chi connectivity index (χ0v) is 17.2. The highest BCUT2D eigenvalue weighted by Crippen LogP contribution is 2.39. The molecule has 7 heteroatoms. The van der Waals surface area contributed by atoms with Gasteiger partial charge in [0.05, 0.1) is 5.41 Å². The van der Waals surface area contributed by atoms with Crippen molar-refractivity contribution in [3.63, 3.8) is 0 Å². The van der Waals surface area contributed by atoms with Crippen molar-refractivity contribution in [2.24, 2.45) is 10.4 Å². The number of carbonyl (C=O) groups is 1. The minimum atomic E-state index is -0.310. The molecule has 1 aromatic carbocycles. The summed E-state index contributed by atoms with van der Waals surface area (Å²) in [5.74, 6) is 0.866. The van der Waals surface area contributed by atoms with Gasteiger partial charge in [0.1, 0.15) is 5.82 Å². The van der Waals surface area contributed by atoms with Crippen LogP contribution in [0.15, 0.2) is 29.3 Å². The molecule has 0 bridgehead atoms. The largest absolute Gasteiger partial charge is 0.368 e. The van der Waals surface area contributed by atoms with Crippen LogP contribution in [0.25, 0.3) is 0 Å². The highest BCUT2D eigenvalue weighted by molar-refractivity contribution is 5.85. The standard InChI is InChI=1S/C21H32FN5O/c1-23-20(24-16-21(10-4-5-11-21)19(28)25(2)3)27-14-12-26(13-15-27)18-8-6-17(22)7-9-18/h6-9H,4-5,10-16H2,1-3H3,(H,23,24). The Morgan fingerprint density at radius 2 is 1.75 bits per heavy atom. The Balaban J connectivity index is 1.57. The van der Waals surface area contributed by atoms with Gasteiger partial charge in [-0.05, 0) is 37.1 Å². The lowest BCUT2D eigenvalue weighted by atomic mass is 9.84. The fourth-order valence-corrected chi connectivity index (χ4v) is 4.40. The summed E-state index contributed by atoms with van der Waals surface area (Å²) in [4.78, 5) is 23.4. The number of carbonyl (C=O) groups excluding carboxylic acids is 1. The van der Waals surface area contributed by atoms with Gasteiger partial charge < -0.3 is 20.0 Å². The number of benzene rings is 1. The van der Waals surface area contributed by atoms with Crippen molar-refractivity contribution in [3.05, 3.63) is 30.1 Å². The van der Waals surface area contributed by atoms with E-state index < -0.39 is 0 Å². The predicted octanol–water partition coefficient (Wildman–Crippen LogP) is 2.17. The molecule has 0 radical (unpaired) electrons. The molecule has 2 aliphatic rings. The predicted molar refractivity (Wildman–Crippen MR) is 111 cm³/mol. The zero-order valence-electron chi connectivity index (χ0n) is 17.2. The molecule has 28 heavy (non-hydrogen) atoms. The molecule has 3 rings (SSSR count). The van der Waals surface area contributed by atoms with Crippen molar-refractivity contribution in [2.45, 2.75) is 25.7 Å². The minimum Gasteiger partial charge on any atom is -0.368 e. The summed E-state index contributed by atoms with van der Waals surface area (Å²) in [7, 11) is 5.47. The van der Waals surface area contributed by atoms with Gasteiger partial charge in [-0.25, -0.2) is 4.39 Å². The van der Waals surface area contributed by atoms with Crippen LogP contribution >= 0.6 is 0 Å². The maximum Gasteiger partial charge on any atom is 0.230 e. The average Bonchev–Trinajstić information content (AvgIpc) is 3.19. The van der Waals surface area contributed by atoms with Crippen LogP contribution in [0.5, 0.6) is 0 Å². The molecule has 1 amide bonds. The Hall–Kier alpha value is -2.31. The van der Waals surface area contributed by atoms with Crippen molar-refractivity contribution in [1.29, 1.82) is 0 Å². The quantitative estimate of drug-likeness (QED) is 0.633. The average molecular weight is 390 g/mol. The van der Waals surface area contributed by atoms with E-state index >= 15 is 0 Å². The number of nitrogens with one attached hydrogen (secondary N) is 1. The molecule has 1 aliphatic carbocycles. The first kappa shape index (κ1) is 20.4. The van der Waals surface area contributed by atoms with E-state index in [1.165, 1.54) is 12.1 Å². The third-order valence-corrected chi connectivity index (χ3v) is 5.99. The molecular weight excluding hydrogens is 357 g/mol. The summed E-state index contributed by atoms with van der Waals surface area (Å²) in [6.07, 6.45) is 4.09. The molecule has 0 unspecified atom stereocenters. The van der Waals surface area contributed by atoms with E-state index in [0.29, 0.717) is 6.54 Å². The van der Waals surface area contributed by atoms with Crippen molar-refractivity contribution in [2.75, 3.05) is 58.8 Å². The topological polar surface area (TPSA) is 51.2 Å². The number of halogens is 1. The van der Waals surface area contributed by atoms with Crippen LogP contribution in [0.4, 0.5) is 10.1 Å². The number of hydrogen-bond acceptors (Lipinski definition) is 3. The number of nitrogens with zero attached hydrogens (tertiary/aromatic N) is 4. The van der Waals surface area contributed by atoms with E-state index in [2.05, 4.69) is 20.1 Å². The first-order chi connectivity index (χ1) is 13.4. The summed E-state index contributed by atoms with van der Waals surface area (Å²) < 4.78 is 13.1. The second-order valence-corrected chi connectivity index (χ2v) is 8.04. The van der Waals surface area contributed by atoms with Crippen LogP contribution in [0.3, 0.4) is 0 Å². The summed E-state index contributed by atoms with van der Waals surface area (Å²) in [5, 5.41) is 3.48. The molecule has 1 aliphatic heterocycles. The Morgan fingerprint density at radius 1 is 1.14 bits per heavy atom. The normalized spacial score (nSPS) is 19.6. The molecule has 1 aromatic rings. The van der Waals surface area contributed by atoms with Crippen molar-refractivity contribution >= 4 is 17.6 Å². The summed E-state index contributed by atoms with van der Waals surface area (Å²) in [5.41, 5.74) is 0.737. The van der Waals surface area contributed by atoms with Gasteiger partial charge >= 0.3 is 0 Å². The summed E-state index contributed by atoms with van der Waals surface area (Å²) in [6, 6.07) is 6.67. The van der Waals surface area contributed by atoms with Crippen LogP contribution in [-0.2, 0) is 4.79 Å². The minimum absolute atomic E-state index is 0.208. The Kier molecular flexibility index (Phi) is 6.42. The number of amides is 1. The molecule has 0 aromatic heterocycles. The molecule has 1 saturated heterocycles.